The highest BCUT2D eigenvalue weighted by Gasteiger charge is 2.26. The number of likely N-dealkylation sites (tertiary alicyclic amines) is 1. The first-order chi connectivity index (χ1) is 9.72. The first-order valence-electron chi connectivity index (χ1n) is 7.78. The molecule has 3 rings (SSSR count). The van der Waals surface area contributed by atoms with Crippen molar-refractivity contribution < 1.29 is 4.79 Å². The lowest BCUT2D eigenvalue weighted by atomic mass is 10.0. The molecule has 0 spiro atoms. The molecule has 2 N–H and O–H groups in total. The number of amides is 1. The van der Waals surface area contributed by atoms with Crippen LogP contribution in [0.4, 0.5) is 0 Å². The molecular weight excluding hydrogens is 252 g/mol. The van der Waals surface area contributed by atoms with Crippen LogP contribution in [-0.4, -0.2) is 47.2 Å². The van der Waals surface area contributed by atoms with Crippen LogP contribution in [0, 0.1) is 5.92 Å². The summed E-state index contributed by atoms with van der Waals surface area (Å²) in [6.45, 7) is 6.26. The van der Waals surface area contributed by atoms with Gasteiger partial charge in [0.15, 0.2) is 0 Å². The molecule has 0 unspecified atom stereocenters. The zero-order chi connectivity index (χ0) is 13.9. The van der Waals surface area contributed by atoms with Crippen molar-refractivity contribution in [2.24, 2.45) is 5.92 Å². The number of piperidine rings is 1. The predicted octanol–water partition coefficient (Wildman–Crippen LogP) is 1.75. The molecule has 20 heavy (non-hydrogen) atoms. The minimum Gasteiger partial charge on any atom is -0.349 e. The Labute approximate surface area is 120 Å². The smallest absolute Gasteiger partial charge is 0.271 e. The van der Waals surface area contributed by atoms with Gasteiger partial charge in [-0.25, -0.2) is 0 Å². The van der Waals surface area contributed by atoms with Crippen molar-refractivity contribution in [2.45, 2.75) is 38.5 Å². The third kappa shape index (κ3) is 3.39. The Morgan fingerprint density at radius 2 is 2.35 bits per heavy atom. The number of hydrogen-bond acceptors (Lipinski definition) is 3. The lowest BCUT2D eigenvalue weighted by Gasteiger charge is -2.30. The topological polar surface area (TPSA) is 61.0 Å². The molecular formula is C15H24N4O. The highest BCUT2D eigenvalue weighted by atomic mass is 16.1. The SMILES string of the molecule is C[C@H]1CCCN(CCNC(=O)c2cc(C3CC3)[nH]n2)C1. The summed E-state index contributed by atoms with van der Waals surface area (Å²) in [5.41, 5.74) is 1.64. The van der Waals surface area contributed by atoms with E-state index in [1.165, 1.54) is 25.7 Å². The van der Waals surface area contributed by atoms with Gasteiger partial charge in [-0.1, -0.05) is 6.92 Å². The summed E-state index contributed by atoms with van der Waals surface area (Å²) in [7, 11) is 0. The second kappa shape index (κ2) is 5.95. The number of rotatable bonds is 5. The highest BCUT2D eigenvalue weighted by Crippen LogP contribution is 2.38. The molecule has 5 heteroatoms. The summed E-state index contributed by atoms with van der Waals surface area (Å²) >= 11 is 0. The fourth-order valence-corrected chi connectivity index (χ4v) is 2.96. The van der Waals surface area contributed by atoms with Gasteiger partial charge in [-0.2, -0.15) is 5.10 Å². The van der Waals surface area contributed by atoms with E-state index in [-0.39, 0.29) is 5.91 Å². The Balaban J connectivity index is 1.41. The van der Waals surface area contributed by atoms with Crippen molar-refractivity contribution in [3.8, 4) is 0 Å². The van der Waals surface area contributed by atoms with Crippen molar-refractivity contribution in [2.75, 3.05) is 26.2 Å². The molecule has 2 aliphatic rings. The summed E-state index contributed by atoms with van der Waals surface area (Å²) in [6, 6.07) is 1.90. The molecule has 2 heterocycles. The Kier molecular flexibility index (Phi) is 4.05. The third-order valence-electron chi connectivity index (χ3n) is 4.30. The highest BCUT2D eigenvalue weighted by molar-refractivity contribution is 5.92. The molecule has 110 valence electrons. The van der Waals surface area contributed by atoms with Crippen LogP contribution >= 0.6 is 0 Å². The first-order valence-corrected chi connectivity index (χ1v) is 7.78. The number of nitrogens with one attached hydrogen (secondary N) is 2. The van der Waals surface area contributed by atoms with Crippen LogP contribution in [0.5, 0.6) is 0 Å². The fourth-order valence-electron chi connectivity index (χ4n) is 2.96. The molecule has 5 nitrogen and oxygen atoms in total. The van der Waals surface area contributed by atoms with Gasteiger partial charge < -0.3 is 10.2 Å². The van der Waals surface area contributed by atoms with Crippen LogP contribution in [0.2, 0.25) is 0 Å². The molecule has 2 fully saturated rings. The summed E-state index contributed by atoms with van der Waals surface area (Å²) in [4.78, 5) is 14.4. The maximum atomic E-state index is 12.0. The van der Waals surface area contributed by atoms with Gasteiger partial charge in [-0.3, -0.25) is 9.89 Å². The van der Waals surface area contributed by atoms with Crippen molar-refractivity contribution in [3.63, 3.8) is 0 Å². The van der Waals surface area contributed by atoms with Gasteiger partial charge in [0.1, 0.15) is 5.69 Å². The number of aromatic nitrogens is 2. The lowest BCUT2D eigenvalue weighted by Crippen LogP contribution is -2.40. The van der Waals surface area contributed by atoms with Crippen LogP contribution in [0.25, 0.3) is 0 Å². The van der Waals surface area contributed by atoms with E-state index in [4.69, 9.17) is 0 Å². The van der Waals surface area contributed by atoms with Gasteiger partial charge in [-0.05, 0) is 44.2 Å². The average molecular weight is 276 g/mol. The molecule has 1 aliphatic carbocycles. The number of hydrogen-bond donors (Lipinski definition) is 2. The fraction of sp³-hybridized carbons (Fsp3) is 0.733. The predicted molar refractivity (Wildman–Crippen MR) is 77.7 cm³/mol. The minimum atomic E-state index is -0.0572. The molecule has 1 aromatic rings. The monoisotopic (exact) mass is 276 g/mol. The zero-order valence-corrected chi connectivity index (χ0v) is 12.2. The Morgan fingerprint density at radius 3 is 3.10 bits per heavy atom. The maximum absolute atomic E-state index is 12.0. The van der Waals surface area contributed by atoms with E-state index in [1.807, 2.05) is 6.07 Å². The van der Waals surface area contributed by atoms with Crippen molar-refractivity contribution in [3.05, 3.63) is 17.5 Å². The summed E-state index contributed by atoms with van der Waals surface area (Å²) in [5.74, 6) is 1.34. The Morgan fingerprint density at radius 1 is 1.50 bits per heavy atom. The third-order valence-corrected chi connectivity index (χ3v) is 4.30. The number of nitrogens with zero attached hydrogens (tertiary/aromatic N) is 2. The second-order valence-electron chi connectivity index (χ2n) is 6.29. The zero-order valence-electron chi connectivity index (χ0n) is 12.2. The van der Waals surface area contributed by atoms with E-state index in [2.05, 4.69) is 27.3 Å². The number of carbonyl (C=O) groups excluding carboxylic acids is 1. The number of aromatic amines is 1. The quantitative estimate of drug-likeness (QED) is 0.861. The number of carbonyl (C=O) groups is 1. The second-order valence-corrected chi connectivity index (χ2v) is 6.29. The molecule has 1 atom stereocenters. The molecule has 1 saturated carbocycles. The largest absolute Gasteiger partial charge is 0.349 e. The van der Waals surface area contributed by atoms with Gasteiger partial charge in [0.05, 0.1) is 0 Å². The molecule has 1 amide bonds. The van der Waals surface area contributed by atoms with Crippen molar-refractivity contribution >= 4 is 5.91 Å². The van der Waals surface area contributed by atoms with Gasteiger partial charge >= 0.3 is 0 Å². The summed E-state index contributed by atoms with van der Waals surface area (Å²) < 4.78 is 0. The first kappa shape index (κ1) is 13.6. The molecule has 1 aromatic heterocycles. The Hall–Kier alpha value is -1.36. The van der Waals surface area contributed by atoms with E-state index in [0.29, 0.717) is 18.2 Å². The van der Waals surface area contributed by atoms with Gasteiger partial charge in [0, 0.05) is 31.2 Å². The van der Waals surface area contributed by atoms with Gasteiger partial charge in [0.2, 0.25) is 0 Å². The van der Waals surface area contributed by atoms with Crippen molar-refractivity contribution in [1.82, 2.24) is 20.4 Å². The van der Waals surface area contributed by atoms with Crippen molar-refractivity contribution in [1.29, 1.82) is 0 Å². The minimum absolute atomic E-state index is 0.0572. The van der Waals surface area contributed by atoms with Crippen LogP contribution < -0.4 is 5.32 Å². The standard InChI is InChI=1S/C15H24N4O/c1-11-3-2-7-19(10-11)8-6-16-15(20)14-9-13(17-18-14)12-4-5-12/h9,11-12H,2-8,10H2,1H3,(H,16,20)(H,17,18)/t11-/m0/s1. The van der Waals surface area contributed by atoms with E-state index >= 15 is 0 Å². The van der Waals surface area contributed by atoms with Gasteiger partial charge in [-0.15, -0.1) is 0 Å². The maximum Gasteiger partial charge on any atom is 0.271 e. The van der Waals surface area contributed by atoms with E-state index in [1.54, 1.807) is 0 Å². The summed E-state index contributed by atoms with van der Waals surface area (Å²) in [6.07, 6.45) is 5.05. The average Bonchev–Trinajstić information content (AvgIpc) is 3.16. The van der Waals surface area contributed by atoms with Crippen LogP contribution in [0.15, 0.2) is 6.07 Å². The van der Waals surface area contributed by atoms with Gasteiger partial charge in [0.25, 0.3) is 5.91 Å². The van der Waals surface area contributed by atoms with E-state index in [0.717, 1.165) is 31.2 Å². The molecule has 0 bridgehead atoms. The Bertz CT molecular complexity index is 466. The number of H-pyrrole nitrogens is 1. The normalized spacial score (nSPS) is 23.8. The molecule has 1 aliphatic heterocycles. The molecule has 1 saturated heterocycles. The molecule has 0 radical (unpaired) electrons. The van der Waals surface area contributed by atoms with E-state index < -0.39 is 0 Å². The van der Waals surface area contributed by atoms with Crippen LogP contribution in [-0.2, 0) is 0 Å². The lowest BCUT2D eigenvalue weighted by molar-refractivity contribution is 0.0939. The van der Waals surface area contributed by atoms with E-state index in [9.17, 15) is 4.79 Å². The van der Waals surface area contributed by atoms with Crippen LogP contribution in [0.3, 0.4) is 0 Å². The molecule has 0 aromatic carbocycles. The van der Waals surface area contributed by atoms with Crippen LogP contribution in [0.1, 0.15) is 54.7 Å². The summed E-state index contributed by atoms with van der Waals surface area (Å²) in [5, 5.41) is 10.0.